The molecule has 0 aromatic heterocycles. The minimum Gasteiger partial charge on any atom is -0.481 e. The monoisotopic (exact) mass is 387 g/mol. The van der Waals surface area contributed by atoms with E-state index >= 15 is 0 Å². The molecule has 2 N–H and O–H groups in total. The summed E-state index contributed by atoms with van der Waals surface area (Å²) in [6.45, 7) is 0.215. The van der Waals surface area contributed by atoms with Gasteiger partial charge in [0.1, 0.15) is 0 Å². The zero-order valence-corrected chi connectivity index (χ0v) is 13.4. The van der Waals surface area contributed by atoms with Gasteiger partial charge in [-0.15, -0.1) is 0 Å². The first kappa shape index (κ1) is 15.3. The molecule has 1 fully saturated rings. The van der Waals surface area contributed by atoms with Gasteiger partial charge >= 0.3 is 5.97 Å². The number of rotatable bonds is 4. The number of carboxylic acids is 1. The SMILES string of the molecule is O=C(NCC1(C(=O)O)CCCCC1)c1ccc(I)cc1. The molecule has 0 radical (unpaired) electrons. The van der Waals surface area contributed by atoms with Crippen LogP contribution in [0.2, 0.25) is 0 Å². The van der Waals surface area contributed by atoms with Gasteiger partial charge in [0, 0.05) is 15.7 Å². The van der Waals surface area contributed by atoms with E-state index in [9.17, 15) is 14.7 Å². The summed E-state index contributed by atoms with van der Waals surface area (Å²) in [5.74, 6) is -0.993. The van der Waals surface area contributed by atoms with Gasteiger partial charge in [0.05, 0.1) is 5.41 Å². The lowest BCUT2D eigenvalue weighted by molar-refractivity contribution is -0.150. The van der Waals surface area contributed by atoms with E-state index in [1.165, 1.54) is 0 Å². The van der Waals surface area contributed by atoms with Crippen molar-refractivity contribution < 1.29 is 14.7 Å². The maximum Gasteiger partial charge on any atom is 0.311 e. The van der Waals surface area contributed by atoms with E-state index in [-0.39, 0.29) is 12.5 Å². The average molecular weight is 387 g/mol. The summed E-state index contributed by atoms with van der Waals surface area (Å²) in [5.41, 5.74) is -0.210. The number of aliphatic carboxylic acids is 1. The maximum absolute atomic E-state index is 12.1. The standard InChI is InChI=1S/C15H18INO3/c16-12-6-4-11(5-7-12)13(18)17-10-15(14(19)20)8-2-1-3-9-15/h4-7H,1-3,8-10H2,(H,17,18)(H,19,20). The van der Waals surface area contributed by atoms with Crippen LogP contribution >= 0.6 is 22.6 Å². The summed E-state index contributed by atoms with van der Waals surface area (Å²) in [5, 5.41) is 12.2. The van der Waals surface area contributed by atoms with Gasteiger partial charge in [-0.05, 0) is 59.7 Å². The molecule has 0 heterocycles. The number of benzene rings is 1. The lowest BCUT2D eigenvalue weighted by Crippen LogP contribution is -2.44. The van der Waals surface area contributed by atoms with Gasteiger partial charge in [-0.1, -0.05) is 19.3 Å². The molecule has 1 aliphatic carbocycles. The number of hydrogen-bond acceptors (Lipinski definition) is 2. The zero-order valence-electron chi connectivity index (χ0n) is 11.2. The summed E-state index contributed by atoms with van der Waals surface area (Å²) < 4.78 is 1.06. The van der Waals surface area contributed by atoms with Crippen LogP contribution in [0.5, 0.6) is 0 Å². The Morgan fingerprint density at radius 1 is 1.15 bits per heavy atom. The number of carboxylic acid groups (broad SMARTS) is 1. The van der Waals surface area contributed by atoms with E-state index in [1.54, 1.807) is 12.1 Å². The van der Waals surface area contributed by atoms with Crippen molar-refractivity contribution in [1.82, 2.24) is 5.32 Å². The van der Waals surface area contributed by atoms with Crippen molar-refractivity contribution in [3.05, 3.63) is 33.4 Å². The molecular formula is C15H18INO3. The average Bonchev–Trinajstić information content (AvgIpc) is 2.46. The van der Waals surface area contributed by atoms with Gasteiger partial charge in [0.15, 0.2) is 0 Å². The minimum atomic E-state index is -0.792. The largest absolute Gasteiger partial charge is 0.481 e. The van der Waals surface area contributed by atoms with Crippen LogP contribution in [-0.4, -0.2) is 23.5 Å². The predicted octanol–water partition coefficient (Wildman–Crippen LogP) is 3.06. The molecule has 1 amide bonds. The van der Waals surface area contributed by atoms with Gasteiger partial charge in [0.2, 0.25) is 0 Å². The number of nitrogens with one attached hydrogen (secondary N) is 1. The first-order valence-corrected chi connectivity index (χ1v) is 7.89. The Labute approximate surface area is 132 Å². The molecule has 20 heavy (non-hydrogen) atoms. The summed E-state index contributed by atoms with van der Waals surface area (Å²) in [6.07, 6.45) is 4.22. The highest BCUT2D eigenvalue weighted by molar-refractivity contribution is 14.1. The highest BCUT2D eigenvalue weighted by Gasteiger charge is 2.39. The van der Waals surface area contributed by atoms with Crippen LogP contribution in [0.25, 0.3) is 0 Å². The quantitative estimate of drug-likeness (QED) is 0.781. The summed E-state index contributed by atoms with van der Waals surface area (Å²) in [4.78, 5) is 23.6. The number of halogens is 1. The van der Waals surface area contributed by atoms with Crippen LogP contribution in [0.4, 0.5) is 0 Å². The van der Waals surface area contributed by atoms with E-state index in [1.807, 2.05) is 12.1 Å². The minimum absolute atomic E-state index is 0.201. The van der Waals surface area contributed by atoms with E-state index in [0.717, 1.165) is 22.8 Å². The molecule has 0 saturated heterocycles. The molecule has 0 atom stereocenters. The Hall–Kier alpha value is -1.11. The first-order valence-electron chi connectivity index (χ1n) is 6.81. The van der Waals surface area contributed by atoms with Gasteiger partial charge in [0.25, 0.3) is 5.91 Å². The number of carbonyl (C=O) groups is 2. The van der Waals surface area contributed by atoms with Crippen LogP contribution in [0.15, 0.2) is 24.3 Å². The van der Waals surface area contributed by atoms with Crippen LogP contribution in [-0.2, 0) is 4.79 Å². The Balaban J connectivity index is 2.00. The van der Waals surface area contributed by atoms with E-state index in [4.69, 9.17) is 0 Å². The molecule has 1 aliphatic rings. The maximum atomic E-state index is 12.1. The number of carbonyl (C=O) groups excluding carboxylic acids is 1. The Morgan fingerprint density at radius 3 is 2.30 bits per heavy atom. The number of hydrogen-bond donors (Lipinski definition) is 2. The van der Waals surface area contributed by atoms with Gasteiger partial charge in [-0.2, -0.15) is 0 Å². The molecule has 4 nitrogen and oxygen atoms in total. The predicted molar refractivity (Wildman–Crippen MR) is 84.6 cm³/mol. The lowest BCUT2D eigenvalue weighted by atomic mass is 9.74. The summed E-state index contributed by atoms with van der Waals surface area (Å²) >= 11 is 2.18. The van der Waals surface area contributed by atoms with Crippen molar-refractivity contribution in [2.45, 2.75) is 32.1 Å². The first-order chi connectivity index (χ1) is 9.53. The Bertz CT molecular complexity index is 492. The van der Waals surface area contributed by atoms with Crippen LogP contribution in [0.3, 0.4) is 0 Å². The molecule has 0 unspecified atom stereocenters. The summed E-state index contributed by atoms with van der Waals surface area (Å²) in [7, 11) is 0. The van der Waals surface area contributed by atoms with Crippen molar-refractivity contribution in [1.29, 1.82) is 0 Å². The fourth-order valence-electron chi connectivity index (χ4n) is 2.65. The lowest BCUT2D eigenvalue weighted by Gasteiger charge is -2.33. The third kappa shape index (κ3) is 3.50. The second kappa shape index (κ2) is 6.56. The van der Waals surface area contributed by atoms with Gasteiger partial charge < -0.3 is 10.4 Å². The molecule has 2 rings (SSSR count). The van der Waals surface area contributed by atoms with E-state index < -0.39 is 11.4 Å². The third-order valence-corrected chi connectivity index (χ3v) is 4.68. The molecule has 1 aromatic rings. The van der Waals surface area contributed by atoms with Crippen molar-refractivity contribution in [2.75, 3.05) is 6.54 Å². The van der Waals surface area contributed by atoms with Crippen molar-refractivity contribution in [2.24, 2.45) is 5.41 Å². The van der Waals surface area contributed by atoms with Gasteiger partial charge in [-0.3, -0.25) is 9.59 Å². The highest BCUT2D eigenvalue weighted by atomic mass is 127. The zero-order chi connectivity index (χ0) is 14.6. The van der Waals surface area contributed by atoms with Gasteiger partial charge in [-0.25, -0.2) is 0 Å². The Kier molecular flexibility index (Phi) is 5.01. The molecule has 0 aliphatic heterocycles. The van der Waals surface area contributed by atoms with Crippen LogP contribution < -0.4 is 5.32 Å². The van der Waals surface area contributed by atoms with Crippen LogP contribution in [0, 0.1) is 8.99 Å². The highest BCUT2D eigenvalue weighted by Crippen LogP contribution is 2.36. The molecule has 0 bridgehead atoms. The Morgan fingerprint density at radius 2 is 1.75 bits per heavy atom. The van der Waals surface area contributed by atoms with E-state index in [0.29, 0.717) is 18.4 Å². The fourth-order valence-corrected chi connectivity index (χ4v) is 3.01. The molecule has 5 heteroatoms. The molecular weight excluding hydrogens is 369 g/mol. The third-order valence-electron chi connectivity index (χ3n) is 3.96. The molecule has 1 saturated carbocycles. The second-order valence-electron chi connectivity index (χ2n) is 5.34. The molecule has 108 valence electrons. The normalized spacial score (nSPS) is 17.4. The van der Waals surface area contributed by atoms with Crippen molar-refractivity contribution in [3.8, 4) is 0 Å². The van der Waals surface area contributed by atoms with Crippen molar-refractivity contribution >= 4 is 34.5 Å². The fraction of sp³-hybridized carbons (Fsp3) is 0.467. The van der Waals surface area contributed by atoms with Crippen molar-refractivity contribution in [3.63, 3.8) is 0 Å². The van der Waals surface area contributed by atoms with Crippen LogP contribution in [0.1, 0.15) is 42.5 Å². The smallest absolute Gasteiger partial charge is 0.311 e. The molecule has 0 spiro atoms. The van der Waals surface area contributed by atoms with E-state index in [2.05, 4.69) is 27.9 Å². The topological polar surface area (TPSA) is 66.4 Å². The summed E-state index contributed by atoms with van der Waals surface area (Å²) in [6, 6.07) is 7.24. The second-order valence-corrected chi connectivity index (χ2v) is 6.58. The number of amides is 1. The molecule has 1 aromatic carbocycles.